The molecule has 1 atom stereocenters. The van der Waals surface area contributed by atoms with Crippen molar-refractivity contribution in [2.45, 2.75) is 26.3 Å². The molecule has 20 heavy (non-hydrogen) atoms. The molecule has 1 heterocycles. The lowest BCUT2D eigenvalue weighted by atomic mass is 10.2. The molecule has 2 rings (SSSR count). The van der Waals surface area contributed by atoms with Crippen molar-refractivity contribution in [1.29, 1.82) is 0 Å². The minimum atomic E-state index is 0.597. The fourth-order valence-electron chi connectivity index (χ4n) is 2.79. The summed E-state index contributed by atoms with van der Waals surface area (Å²) in [4.78, 5) is 9.32. The molecule has 1 fully saturated rings. The smallest absolute Gasteiger partial charge is 0.213 e. The van der Waals surface area contributed by atoms with E-state index in [1.54, 1.807) is 0 Å². The molecule has 1 aliphatic rings. The Balaban J connectivity index is 2.05. The van der Waals surface area contributed by atoms with Crippen LogP contribution in [0.4, 0.5) is 5.69 Å². The molecule has 3 N–H and O–H groups in total. The van der Waals surface area contributed by atoms with E-state index in [1.807, 2.05) is 30.3 Å². The minimum absolute atomic E-state index is 0.597. The first kappa shape index (κ1) is 14.8. The van der Waals surface area contributed by atoms with Crippen LogP contribution in [0.5, 0.6) is 0 Å². The summed E-state index contributed by atoms with van der Waals surface area (Å²) < 4.78 is 0. The number of likely N-dealkylation sites (N-methyl/N-ethyl adjacent to an activating group) is 1. The minimum Gasteiger partial charge on any atom is -0.340 e. The highest BCUT2D eigenvalue weighted by molar-refractivity contribution is 5.82. The van der Waals surface area contributed by atoms with Gasteiger partial charge in [-0.1, -0.05) is 32.0 Å². The fourth-order valence-corrected chi connectivity index (χ4v) is 2.79. The SMILES string of the molecule is CCN(CC)C1CCN(C(=Nc2ccccc2)NN)C1. The summed E-state index contributed by atoms with van der Waals surface area (Å²) in [6, 6.07) is 10.5. The lowest BCUT2D eigenvalue weighted by Gasteiger charge is -2.26. The van der Waals surface area contributed by atoms with Gasteiger partial charge in [-0.05, 0) is 31.6 Å². The molecule has 0 bridgehead atoms. The van der Waals surface area contributed by atoms with Gasteiger partial charge in [-0.25, -0.2) is 10.8 Å². The van der Waals surface area contributed by atoms with E-state index < -0.39 is 0 Å². The summed E-state index contributed by atoms with van der Waals surface area (Å²) >= 11 is 0. The third-order valence-corrected chi connectivity index (χ3v) is 3.91. The molecule has 0 aromatic heterocycles. The Hall–Kier alpha value is -1.59. The van der Waals surface area contributed by atoms with Gasteiger partial charge in [0.25, 0.3) is 0 Å². The maximum absolute atomic E-state index is 5.65. The number of para-hydroxylation sites is 1. The second kappa shape index (κ2) is 7.26. The normalized spacial score (nSPS) is 19.7. The van der Waals surface area contributed by atoms with Crippen molar-refractivity contribution in [3.05, 3.63) is 30.3 Å². The number of nitrogens with one attached hydrogen (secondary N) is 1. The molecule has 1 aliphatic heterocycles. The average molecular weight is 275 g/mol. The quantitative estimate of drug-likeness (QED) is 0.379. The van der Waals surface area contributed by atoms with Gasteiger partial charge in [0.15, 0.2) is 0 Å². The molecular weight excluding hydrogens is 250 g/mol. The van der Waals surface area contributed by atoms with Gasteiger partial charge in [-0.3, -0.25) is 10.3 Å². The van der Waals surface area contributed by atoms with Gasteiger partial charge in [0, 0.05) is 19.1 Å². The first-order valence-corrected chi connectivity index (χ1v) is 7.37. The summed E-state index contributed by atoms with van der Waals surface area (Å²) in [5, 5.41) is 0. The van der Waals surface area contributed by atoms with E-state index >= 15 is 0 Å². The number of hydrogen-bond acceptors (Lipinski definition) is 3. The van der Waals surface area contributed by atoms with Crippen LogP contribution in [-0.4, -0.2) is 48.0 Å². The highest BCUT2D eigenvalue weighted by Crippen LogP contribution is 2.17. The Morgan fingerprint density at radius 2 is 2.05 bits per heavy atom. The molecule has 1 aromatic carbocycles. The van der Waals surface area contributed by atoms with Crippen LogP contribution in [0, 0.1) is 0 Å². The molecule has 5 heteroatoms. The van der Waals surface area contributed by atoms with Crippen molar-refractivity contribution in [3.8, 4) is 0 Å². The van der Waals surface area contributed by atoms with Crippen LogP contribution in [0.3, 0.4) is 0 Å². The van der Waals surface area contributed by atoms with Gasteiger partial charge in [-0.15, -0.1) is 0 Å². The number of hydrogen-bond donors (Lipinski definition) is 2. The van der Waals surface area contributed by atoms with Gasteiger partial charge in [0.1, 0.15) is 0 Å². The van der Waals surface area contributed by atoms with Crippen LogP contribution in [-0.2, 0) is 0 Å². The van der Waals surface area contributed by atoms with Crippen molar-refractivity contribution < 1.29 is 0 Å². The number of likely N-dealkylation sites (tertiary alicyclic amines) is 1. The van der Waals surface area contributed by atoms with Gasteiger partial charge < -0.3 is 4.90 Å². The monoisotopic (exact) mass is 275 g/mol. The largest absolute Gasteiger partial charge is 0.340 e. The van der Waals surface area contributed by atoms with E-state index in [0.29, 0.717) is 6.04 Å². The summed E-state index contributed by atoms with van der Waals surface area (Å²) in [6.45, 7) is 8.60. The molecule has 1 aromatic rings. The number of nitrogens with two attached hydrogens (primary N) is 1. The molecule has 0 radical (unpaired) electrons. The maximum atomic E-state index is 5.65. The number of guanidine groups is 1. The average Bonchev–Trinajstić information content (AvgIpc) is 2.97. The van der Waals surface area contributed by atoms with Crippen LogP contribution in [0.2, 0.25) is 0 Å². The lowest BCUT2D eigenvalue weighted by molar-refractivity contribution is 0.223. The van der Waals surface area contributed by atoms with Crippen LogP contribution in [0.15, 0.2) is 35.3 Å². The fraction of sp³-hybridized carbons (Fsp3) is 0.533. The van der Waals surface area contributed by atoms with Gasteiger partial charge >= 0.3 is 0 Å². The van der Waals surface area contributed by atoms with E-state index in [9.17, 15) is 0 Å². The summed E-state index contributed by atoms with van der Waals surface area (Å²) in [5.41, 5.74) is 3.67. The maximum Gasteiger partial charge on any atom is 0.213 e. The molecule has 0 aliphatic carbocycles. The van der Waals surface area contributed by atoms with E-state index in [2.05, 4.69) is 34.1 Å². The van der Waals surface area contributed by atoms with E-state index in [0.717, 1.165) is 44.2 Å². The second-order valence-corrected chi connectivity index (χ2v) is 5.03. The zero-order chi connectivity index (χ0) is 14.4. The Morgan fingerprint density at radius 3 is 2.65 bits per heavy atom. The van der Waals surface area contributed by atoms with E-state index in [4.69, 9.17) is 5.84 Å². The molecule has 0 amide bonds. The first-order valence-electron chi connectivity index (χ1n) is 7.37. The Kier molecular flexibility index (Phi) is 5.38. The molecule has 0 saturated carbocycles. The van der Waals surface area contributed by atoms with Gasteiger partial charge in [0.05, 0.1) is 5.69 Å². The summed E-state index contributed by atoms with van der Waals surface area (Å²) in [6.07, 6.45) is 1.16. The van der Waals surface area contributed by atoms with Crippen molar-refractivity contribution in [2.24, 2.45) is 10.8 Å². The lowest BCUT2D eigenvalue weighted by Crippen LogP contribution is -2.45. The zero-order valence-corrected chi connectivity index (χ0v) is 12.4. The molecule has 5 nitrogen and oxygen atoms in total. The van der Waals surface area contributed by atoms with Crippen LogP contribution in [0.1, 0.15) is 20.3 Å². The van der Waals surface area contributed by atoms with Crippen LogP contribution in [0.25, 0.3) is 0 Å². The third-order valence-electron chi connectivity index (χ3n) is 3.91. The van der Waals surface area contributed by atoms with Crippen molar-refractivity contribution >= 4 is 11.6 Å². The molecular formula is C15H25N5. The highest BCUT2D eigenvalue weighted by atomic mass is 15.4. The Labute approximate surface area is 121 Å². The number of benzene rings is 1. The van der Waals surface area contributed by atoms with Crippen LogP contribution >= 0.6 is 0 Å². The van der Waals surface area contributed by atoms with Crippen molar-refractivity contribution in [1.82, 2.24) is 15.2 Å². The second-order valence-electron chi connectivity index (χ2n) is 5.03. The number of rotatable bonds is 4. The zero-order valence-electron chi connectivity index (χ0n) is 12.4. The predicted molar refractivity (Wildman–Crippen MR) is 83.8 cm³/mol. The van der Waals surface area contributed by atoms with Crippen molar-refractivity contribution in [3.63, 3.8) is 0 Å². The topological polar surface area (TPSA) is 56.9 Å². The molecule has 1 saturated heterocycles. The third kappa shape index (κ3) is 3.49. The Bertz CT molecular complexity index is 427. The number of hydrazine groups is 1. The predicted octanol–water partition coefficient (Wildman–Crippen LogP) is 1.55. The number of aliphatic imine (C=N–C) groups is 1. The van der Waals surface area contributed by atoms with Gasteiger partial charge in [-0.2, -0.15) is 0 Å². The molecule has 1 unspecified atom stereocenters. The summed E-state index contributed by atoms with van der Waals surface area (Å²) in [7, 11) is 0. The van der Waals surface area contributed by atoms with Crippen molar-refractivity contribution in [2.75, 3.05) is 26.2 Å². The summed E-state index contributed by atoms with van der Waals surface area (Å²) in [5.74, 6) is 6.41. The van der Waals surface area contributed by atoms with E-state index in [-0.39, 0.29) is 0 Å². The molecule has 110 valence electrons. The first-order chi connectivity index (χ1) is 9.78. The van der Waals surface area contributed by atoms with Crippen LogP contribution < -0.4 is 11.3 Å². The molecule has 0 spiro atoms. The Morgan fingerprint density at radius 1 is 1.35 bits per heavy atom. The van der Waals surface area contributed by atoms with E-state index in [1.165, 1.54) is 0 Å². The van der Waals surface area contributed by atoms with Gasteiger partial charge in [0.2, 0.25) is 5.96 Å². The highest BCUT2D eigenvalue weighted by Gasteiger charge is 2.27. The number of nitrogens with zero attached hydrogens (tertiary/aromatic N) is 3. The standard InChI is InChI=1S/C15H25N5/c1-3-19(4-2)14-10-11-20(12-14)15(18-16)17-13-8-6-5-7-9-13/h5-9,14H,3-4,10-12,16H2,1-2H3,(H,17,18).